The van der Waals surface area contributed by atoms with Crippen LogP contribution in [0, 0.1) is 13.8 Å². The molecule has 1 aliphatic rings. The third-order valence-corrected chi connectivity index (χ3v) is 4.03. The van der Waals surface area contributed by atoms with Crippen molar-refractivity contribution in [3.63, 3.8) is 0 Å². The van der Waals surface area contributed by atoms with E-state index in [2.05, 4.69) is 32.0 Å². The van der Waals surface area contributed by atoms with Crippen molar-refractivity contribution in [3.05, 3.63) is 34.9 Å². The Morgan fingerprint density at radius 3 is 2.80 bits per heavy atom. The number of nitrogens with zero attached hydrogens (tertiary/aromatic N) is 1. The Labute approximate surface area is 120 Å². The summed E-state index contributed by atoms with van der Waals surface area (Å²) in [6.45, 7) is 5.30. The number of aryl methyl sites for hydroxylation is 2. The van der Waals surface area contributed by atoms with E-state index in [1.165, 1.54) is 11.1 Å². The lowest BCUT2D eigenvalue weighted by atomic mass is 9.87. The maximum absolute atomic E-state index is 12.2. The Hall–Kier alpha value is -1.39. The van der Waals surface area contributed by atoms with Gasteiger partial charge in [-0.2, -0.15) is 0 Å². The monoisotopic (exact) mass is 276 g/mol. The molecule has 2 rings (SSSR count). The molecule has 4 nitrogen and oxygen atoms in total. The van der Waals surface area contributed by atoms with Gasteiger partial charge in [0.05, 0.1) is 12.6 Å². The van der Waals surface area contributed by atoms with Crippen molar-refractivity contribution in [2.24, 2.45) is 5.73 Å². The number of carbonyl (C=O) groups excluding carboxylic acids is 1. The van der Waals surface area contributed by atoms with Crippen LogP contribution in [0.5, 0.6) is 0 Å². The zero-order chi connectivity index (χ0) is 14.7. The second-order valence-electron chi connectivity index (χ2n) is 5.59. The van der Waals surface area contributed by atoms with Crippen LogP contribution >= 0.6 is 0 Å². The third-order valence-electron chi connectivity index (χ3n) is 4.03. The number of hydrogen-bond acceptors (Lipinski definition) is 3. The summed E-state index contributed by atoms with van der Waals surface area (Å²) in [5.74, 6) is 0.175. The highest BCUT2D eigenvalue weighted by atomic mass is 16.5. The molecule has 0 aliphatic carbocycles. The summed E-state index contributed by atoms with van der Waals surface area (Å²) in [6.07, 6.45) is 1.28. The molecule has 2 atom stereocenters. The number of carbonyl (C=O) groups is 1. The van der Waals surface area contributed by atoms with Gasteiger partial charge >= 0.3 is 0 Å². The normalized spacial score (nSPS) is 23.2. The van der Waals surface area contributed by atoms with Gasteiger partial charge in [0.1, 0.15) is 0 Å². The largest absolute Gasteiger partial charge is 0.383 e. The summed E-state index contributed by atoms with van der Waals surface area (Å²) in [4.78, 5) is 14.1. The molecule has 20 heavy (non-hydrogen) atoms. The van der Waals surface area contributed by atoms with Crippen LogP contribution in [0.1, 0.15) is 35.6 Å². The average Bonchev–Trinajstić information content (AvgIpc) is 2.41. The van der Waals surface area contributed by atoms with E-state index in [-0.39, 0.29) is 18.0 Å². The van der Waals surface area contributed by atoms with Crippen LogP contribution in [-0.4, -0.2) is 37.1 Å². The molecule has 2 unspecified atom stereocenters. The van der Waals surface area contributed by atoms with E-state index in [1.807, 2.05) is 4.90 Å². The Morgan fingerprint density at radius 1 is 1.40 bits per heavy atom. The molecule has 4 heteroatoms. The molecular formula is C16H24N2O2. The van der Waals surface area contributed by atoms with Gasteiger partial charge in [0.25, 0.3) is 0 Å². The summed E-state index contributed by atoms with van der Waals surface area (Å²) >= 11 is 0. The van der Waals surface area contributed by atoms with Gasteiger partial charge in [-0.1, -0.05) is 23.8 Å². The fraction of sp³-hybridized carbons (Fsp3) is 0.562. The summed E-state index contributed by atoms with van der Waals surface area (Å²) in [7, 11) is 1.65. The summed E-state index contributed by atoms with van der Waals surface area (Å²) in [5.41, 5.74) is 9.89. The van der Waals surface area contributed by atoms with Gasteiger partial charge in [-0.25, -0.2) is 0 Å². The van der Waals surface area contributed by atoms with Crippen LogP contribution in [0.25, 0.3) is 0 Å². The van der Waals surface area contributed by atoms with Crippen molar-refractivity contribution >= 4 is 5.91 Å². The molecular weight excluding hydrogens is 252 g/mol. The molecule has 1 saturated heterocycles. The second kappa shape index (κ2) is 6.37. The molecule has 0 bridgehead atoms. The van der Waals surface area contributed by atoms with Crippen LogP contribution in [0.2, 0.25) is 0 Å². The number of benzene rings is 1. The minimum atomic E-state index is -0.0352. The van der Waals surface area contributed by atoms with Gasteiger partial charge in [0.2, 0.25) is 5.91 Å². The van der Waals surface area contributed by atoms with Crippen LogP contribution in [-0.2, 0) is 9.53 Å². The average molecular weight is 276 g/mol. The van der Waals surface area contributed by atoms with Crippen molar-refractivity contribution in [2.45, 2.75) is 38.8 Å². The standard InChI is InChI=1S/C16H24N2O2/c1-11-4-5-13(12(2)10-11)16-14(17)6-7-15(19)18(16)8-9-20-3/h4-5,10,14,16H,6-9,17H2,1-3H3. The van der Waals surface area contributed by atoms with Crippen LogP contribution in [0.15, 0.2) is 18.2 Å². The molecule has 1 aromatic rings. The highest BCUT2D eigenvalue weighted by Crippen LogP contribution is 2.32. The highest BCUT2D eigenvalue weighted by Gasteiger charge is 2.35. The Kier molecular flexibility index (Phi) is 4.78. The van der Waals surface area contributed by atoms with Gasteiger partial charge in [-0.05, 0) is 31.4 Å². The van der Waals surface area contributed by atoms with E-state index < -0.39 is 0 Å². The molecule has 110 valence electrons. The molecule has 0 aromatic heterocycles. The SMILES string of the molecule is COCCN1C(=O)CCC(N)C1c1ccc(C)cc1C. The number of methoxy groups -OCH3 is 1. The van der Waals surface area contributed by atoms with Gasteiger partial charge in [0.15, 0.2) is 0 Å². The number of ether oxygens (including phenoxy) is 1. The summed E-state index contributed by atoms with van der Waals surface area (Å²) < 4.78 is 5.13. The topological polar surface area (TPSA) is 55.6 Å². The summed E-state index contributed by atoms with van der Waals surface area (Å²) in [6, 6.07) is 6.30. The number of amides is 1. The number of nitrogens with two attached hydrogens (primary N) is 1. The molecule has 1 heterocycles. The van der Waals surface area contributed by atoms with Gasteiger partial charge in [0, 0.05) is 26.1 Å². The van der Waals surface area contributed by atoms with E-state index in [4.69, 9.17) is 10.5 Å². The predicted octanol–water partition coefficient (Wildman–Crippen LogP) is 1.94. The van der Waals surface area contributed by atoms with E-state index in [0.717, 1.165) is 12.0 Å². The third kappa shape index (κ3) is 3.02. The van der Waals surface area contributed by atoms with Crippen molar-refractivity contribution in [3.8, 4) is 0 Å². The first kappa shape index (κ1) is 15.0. The van der Waals surface area contributed by atoms with E-state index >= 15 is 0 Å². The molecule has 1 amide bonds. The van der Waals surface area contributed by atoms with Crippen LogP contribution in [0.3, 0.4) is 0 Å². The zero-order valence-electron chi connectivity index (χ0n) is 12.6. The van der Waals surface area contributed by atoms with Crippen molar-refractivity contribution < 1.29 is 9.53 Å². The lowest BCUT2D eigenvalue weighted by molar-refractivity contribution is -0.138. The number of likely N-dealkylation sites (tertiary alicyclic amines) is 1. The minimum absolute atomic E-state index is 0.00837. The first-order chi connectivity index (χ1) is 9.54. The van der Waals surface area contributed by atoms with Crippen molar-refractivity contribution in [2.75, 3.05) is 20.3 Å². The van der Waals surface area contributed by atoms with Gasteiger partial charge in [-0.15, -0.1) is 0 Å². The molecule has 2 N–H and O–H groups in total. The fourth-order valence-corrected chi connectivity index (χ4v) is 2.99. The highest BCUT2D eigenvalue weighted by molar-refractivity contribution is 5.78. The minimum Gasteiger partial charge on any atom is -0.383 e. The van der Waals surface area contributed by atoms with E-state index in [1.54, 1.807) is 7.11 Å². The van der Waals surface area contributed by atoms with E-state index in [0.29, 0.717) is 19.6 Å². The maximum atomic E-state index is 12.2. The maximum Gasteiger partial charge on any atom is 0.223 e. The van der Waals surface area contributed by atoms with Crippen LogP contribution < -0.4 is 5.73 Å². The lowest BCUT2D eigenvalue weighted by Crippen LogP contribution is -2.50. The van der Waals surface area contributed by atoms with E-state index in [9.17, 15) is 4.79 Å². The lowest BCUT2D eigenvalue weighted by Gasteiger charge is -2.40. The fourth-order valence-electron chi connectivity index (χ4n) is 2.99. The predicted molar refractivity (Wildman–Crippen MR) is 79.5 cm³/mol. The first-order valence-corrected chi connectivity index (χ1v) is 7.15. The molecule has 0 radical (unpaired) electrons. The molecule has 1 aliphatic heterocycles. The zero-order valence-corrected chi connectivity index (χ0v) is 12.6. The Bertz CT molecular complexity index is 487. The molecule has 0 saturated carbocycles. The summed E-state index contributed by atoms with van der Waals surface area (Å²) in [5, 5.41) is 0. The molecule has 1 fully saturated rings. The number of rotatable bonds is 4. The Morgan fingerprint density at radius 2 is 2.15 bits per heavy atom. The van der Waals surface area contributed by atoms with Gasteiger partial charge in [-0.3, -0.25) is 4.79 Å². The Balaban J connectivity index is 2.34. The van der Waals surface area contributed by atoms with Crippen molar-refractivity contribution in [1.82, 2.24) is 4.90 Å². The number of piperidine rings is 1. The quantitative estimate of drug-likeness (QED) is 0.914. The molecule has 0 spiro atoms. The van der Waals surface area contributed by atoms with Crippen molar-refractivity contribution in [1.29, 1.82) is 0 Å². The second-order valence-corrected chi connectivity index (χ2v) is 5.59. The smallest absolute Gasteiger partial charge is 0.223 e. The number of hydrogen-bond donors (Lipinski definition) is 1. The molecule has 1 aromatic carbocycles. The first-order valence-electron chi connectivity index (χ1n) is 7.15. The van der Waals surface area contributed by atoms with Gasteiger partial charge < -0.3 is 15.4 Å². The van der Waals surface area contributed by atoms with Crippen LogP contribution in [0.4, 0.5) is 0 Å².